The monoisotopic (exact) mass is 261 g/mol. The van der Waals surface area contributed by atoms with Crippen LogP contribution in [0.15, 0.2) is 18.2 Å². The molecule has 94 valence electrons. The Labute approximate surface area is 103 Å². The number of carbonyl (C=O) groups is 1. The summed E-state index contributed by atoms with van der Waals surface area (Å²) in [6, 6.07) is 3.77. The number of hydrogen-bond donors (Lipinski definition) is 2. The van der Waals surface area contributed by atoms with E-state index in [0.29, 0.717) is 0 Å². The van der Waals surface area contributed by atoms with Crippen molar-refractivity contribution in [2.75, 3.05) is 20.3 Å². The molecule has 0 fully saturated rings. The summed E-state index contributed by atoms with van der Waals surface area (Å²) in [6.07, 6.45) is -0.820. The molecule has 17 heavy (non-hydrogen) atoms. The molecule has 6 heteroatoms. The van der Waals surface area contributed by atoms with Gasteiger partial charge in [-0.25, -0.2) is 4.39 Å². The van der Waals surface area contributed by atoms with E-state index >= 15 is 0 Å². The van der Waals surface area contributed by atoms with Gasteiger partial charge in [-0.05, 0) is 18.2 Å². The predicted octanol–water partition coefficient (Wildman–Crippen LogP) is 1.22. The second-order valence-corrected chi connectivity index (χ2v) is 3.88. The maximum absolute atomic E-state index is 13.3. The number of rotatable bonds is 5. The van der Waals surface area contributed by atoms with Crippen molar-refractivity contribution in [3.63, 3.8) is 0 Å². The van der Waals surface area contributed by atoms with Crippen LogP contribution in [0.3, 0.4) is 0 Å². The topological polar surface area (TPSA) is 58.6 Å². The molecule has 4 nitrogen and oxygen atoms in total. The van der Waals surface area contributed by atoms with E-state index in [9.17, 15) is 14.3 Å². The lowest BCUT2D eigenvalue weighted by Gasteiger charge is -2.11. The highest BCUT2D eigenvalue weighted by Gasteiger charge is 2.13. The summed E-state index contributed by atoms with van der Waals surface area (Å²) in [5, 5.41) is 11.9. The lowest BCUT2D eigenvalue weighted by Crippen LogP contribution is -2.34. The molecule has 1 atom stereocenters. The highest BCUT2D eigenvalue weighted by Crippen LogP contribution is 2.14. The molecule has 0 aliphatic rings. The molecule has 0 aliphatic carbocycles. The minimum atomic E-state index is -0.820. The van der Waals surface area contributed by atoms with E-state index < -0.39 is 17.8 Å². The van der Waals surface area contributed by atoms with E-state index in [1.54, 1.807) is 0 Å². The molecule has 0 saturated carbocycles. The van der Waals surface area contributed by atoms with Crippen molar-refractivity contribution in [3.8, 4) is 0 Å². The van der Waals surface area contributed by atoms with Gasteiger partial charge in [0.2, 0.25) is 0 Å². The van der Waals surface area contributed by atoms with Crippen LogP contribution >= 0.6 is 11.6 Å². The Kier molecular flexibility index (Phi) is 5.34. The van der Waals surface area contributed by atoms with E-state index in [1.165, 1.54) is 19.2 Å². The molecule has 0 heterocycles. The molecular formula is C11H13ClFNO3. The summed E-state index contributed by atoms with van der Waals surface area (Å²) in [7, 11) is 1.43. The zero-order valence-corrected chi connectivity index (χ0v) is 10.00. The summed E-state index contributed by atoms with van der Waals surface area (Å²) in [4.78, 5) is 11.5. The Balaban J connectivity index is 2.58. The lowest BCUT2D eigenvalue weighted by molar-refractivity contribution is 0.0609. The Bertz CT molecular complexity index is 400. The third-order valence-electron chi connectivity index (χ3n) is 2.03. The molecule has 0 radical (unpaired) electrons. The van der Waals surface area contributed by atoms with Crippen molar-refractivity contribution < 1.29 is 19.0 Å². The van der Waals surface area contributed by atoms with Crippen molar-refractivity contribution in [1.29, 1.82) is 0 Å². The number of ether oxygens (including phenoxy) is 1. The number of aliphatic hydroxyl groups is 1. The smallest absolute Gasteiger partial charge is 0.254 e. The molecule has 0 aromatic heterocycles. The van der Waals surface area contributed by atoms with Gasteiger partial charge in [-0.15, -0.1) is 0 Å². The van der Waals surface area contributed by atoms with Crippen molar-refractivity contribution in [2.24, 2.45) is 0 Å². The van der Waals surface area contributed by atoms with E-state index in [0.717, 1.165) is 6.07 Å². The van der Waals surface area contributed by atoms with Crippen molar-refractivity contribution >= 4 is 17.5 Å². The van der Waals surface area contributed by atoms with Crippen LogP contribution in [0.25, 0.3) is 0 Å². The quantitative estimate of drug-likeness (QED) is 0.838. The number of halogens is 2. The van der Waals surface area contributed by atoms with E-state index in [1.807, 2.05) is 0 Å². The number of methoxy groups -OCH3 is 1. The largest absolute Gasteiger partial charge is 0.389 e. The second kappa shape index (κ2) is 6.54. The molecule has 2 N–H and O–H groups in total. The Hall–Kier alpha value is -1.17. The van der Waals surface area contributed by atoms with E-state index in [2.05, 4.69) is 10.1 Å². The van der Waals surface area contributed by atoms with Gasteiger partial charge in [0, 0.05) is 18.7 Å². The normalized spacial score (nSPS) is 12.2. The molecule has 0 saturated heterocycles. The van der Waals surface area contributed by atoms with E-state index in [-0.39, 0.29) is 23.7 Å². The van der Waals surface area contributed by atoms with Crippen LogP contribution in [0.4, 0.5) is 4.39 Å². The number of benzene rings is 1. The van der Waals surface area contributed by atoms with Crippen LogP contribution in [0.1, 0.15) is 10.4 Å². The Morgan fingerprint density at radius 1 is 1.65 bits per heavy atom. The maximum atomic E-state index is 13.3. The van der Waals surface area contributed by atoms with Gasteiger partial charge in [0.15, 0.2) is 0 Å². The van der Waals surface area contributed by atoms with Crippen LogP contribution < -0.4 is 5.32 Å². The zero-order chi connectivity index (χ0) is 12.8. The number of carbonyl (C=O) groups excluding carboxylic acids is 1. The molecule has 1 amide bonds. The number of hydrogen-bond acceptors (Lipinski definition) is 3. The van der Waals surface area contributed by atoms with Gasteiger partial charge in [0.05, 0.1) is 18.3 Å². The van der Waals surface area contributed by atoms with Gasteiger partial charge < -0.3 is 15.2 Å². The third-order valence-corrected chi connectivity index (χ3v) is 2.27. The minimum absolute atomic E-state index is 0.00522. The summed E-state index contributed by atoms with van der Waals surface area (Å²) in [5.41, 5.74) is -0.112. The van der Waals surface area contributed by atoms with Gasteiger partial charge in [0.25, 0.3) is 5.91 Å². The molecular weight excluding hydrogens is 249 g/mol. The third kappa shape index (κ3) is 4.30. The summed E-state index contributed by atoms with van der Waals surface area (Å²) in [6.45, 7) is 0.0954. The van der Waals surface area contributed by atoms with Crippen LogP contribution in [0.2, 0.25) is 5.02 Å². The first-order chi connectivity index (χ1) is 8.04. The molecule has 1 aromatic rings. The predicted molar refractivity (Wildman–Crippen MR) is 61.6 cm³/mol. The highest BCUT2D eigenvalue weighted by atomic mass is 35.5. The van der Waals surface area contributed by atoms with Gasteiger partial charge in [-0.2, -0.15) is 0 Å². The van der Waals surface area contributed by atoms with Crippen LogP contribution in [0.5, 0.6) is 0 Å². The standard InChI is InChI=1S/C11H13ClFNO3/c1-17-6-8(15)5-14-11(16)9-3-2-7(12)4-10(9)13/h2-4,8,15H,5-6H2,1H3,(H,14,16). The van der Waals surface area contributed by atoms with Crippen LogP contribution in [0, 0.1) is 5.82 Å². The number of amides is 1. The fourth-order valence-corrected chi connectivity index (χ4v) is 1.39. The molecule has 0 aliphatic heterocycles. The Morgan fingerprint density at radius 2 is 2.35 bits per heavy atom. The second-order valence-electron chi connectivity index (χ2n) is 3.44. The first-order valence-corrected chi connectivity index (χ1v) is 5.32. The fourth-order valence-electron chi connectivity index (χ4n) is 1.23. The molecule has 1 unspecified atom stereocenters. The van der Waals surface area contributed by atoms with E-state index in [4.69, 9.17) is 11.6 Å². The molecule has 1 rings (SSSR count). The first-order valence-electron chi connectivity index (χ1n) is 4.95. The average Bonchev–Trinajstić information content (AvgIpc) is 2.26. The van der Waals surface area contributed by atoms with Crippen LogP contribution in [-0.4, -0.2) is 37.4 Å². The van der Waals surface area contributed by atoms with Crippen molar-refractivity contribution in [1.82, 2.24) is 5.32 Å². The average molecular weight is 262 g/mol. The maximum Gasteiger partial charge on any atom is 0.254 e. The number of aliphatic hydroxyl groups excluding tert-OH is 1. The molecule has 0 bridgehead atoms. The zero-order valence-electron chi connectivity index (χ0n) is 9.24. The van der Waals surface area contributed by atoms with Crippen LogP contribution in [-0.2, 0) is 4.74 Å². The van der Waals surface area contributed by atoms with Gasteiger partial charge >= 0.3 is 0 Å². The SMILES string of the molecule is COCC(O)CNC(=O)c1ccc(Cl)cc1F. The van der Waals surface area contributed by atoms with Gasteiger partial charge in [-0.3, -0.25) is 4.79 Å². The Morgan fingerprint density at radius 3 is 2.94 bits per heavy atom. The number of nitrogens with one attached hydrogen (secondary N) is 1. The summed E-state index contributed by atoms with van der Waals surface area (Å²) in [5.74, 6) is -1.30. The lowest BCUT2D eigenvalue weighted by atomic mass is 10.2. The van der Waals surface area contributed by atoms with Gasteiger partial charge in [-0.1, -0.05) is 11.6 Å². The first kappa shape index (κ1) is 13.9. The van der Waals surface area contributed by atoms with Gasteiger partial charge in [0.1, 0.15) is 5.82 Å². The fraction of sp³-hybridized carbons (Fsp3) is 0.364. The minimum Gasteiger partial charge on any atom is -0.389 e. The van der Waals surface area contributed by atoms with Crippen molar-refractivity contribution in [3.05, 3.63) is 34.6 Å². The van der Waals surface area contributed by atoms with Crippen molar-refractivity contribution in [2.45, 2.75) is 6.10 Å². The summed E-state index contributed by atoms with van der Waals surface area (Å²) >= 11 is 5.56. The molecule has 1 aromatic carbocycles. The molecule has 0 spiro atoms. The highest BCUT2D eigenvalue weighted by molar-refractivity contribution is 6.30. The summed E-state index contributed by atoms with van der Waals surface area (Å²) < 4.78 is 18.0.